The van der Waals surface area contributed by atoms with E-state index in [9.17, 15) is 14.4 Å². The van der Waals surface area contributed by atoms with Gasteiger partial charge in [0.05, 0.1) is 12.7 Å². The summed E-state index contributed by atoms with van der Waals surface area (Å²) in [6.07, 6.45) is 0. The van der Waals surface area contributed by atoms with Gasteiger partial charge in [0.2, 0.25) is 0 Å². The van der Waals surface area contributed by atoms with Crippen LogP contribution >= 0.6 is 11.6 Å². The molecule has 0 saturated carbocycles. The Morgan fingerprint density at radius 3 is 1.48 bits per heavy atom. The predicted molar refractivity (Wildman–Crippen MR) is 129 cm³/mol. The summed E-state index contributed by atoms with van der Waals surface area (Å²) < 4.78 is 4.67. The van der Waals surface area contributed by atoms with Crippen LogP contribution in [0.5, 0.6) is 0 Å². The lowest BCUT2D eigenvalue weighted by Gasteiger charge is -2.06. The Kier molecular flexibility index (Phi) is 8.28. The number of halogens is 1. The van der Waals surface area contributed by atoms with Gasteiger partial charge in [0, 0.05) is 27.3 Å². The van der Waals surface area contributed by atoms with Gasteiger partial charge >= 0.3 is 5.97 Å². The largest absolute Gasteiger partial charge is 0.465 e. The van der Waals surface area contributed by atoms with Crippen molar-refractivity contribution >= 4 is 29.1 Å². The van der Waals surface area contributed by atoms with Gasteiger partial charge in [-0.25, -0.2) is 4.79 Å². The number of esters is 1. The number of ether oxygens (including phenoxy) is 1. The van der Waals surface area contributed by atoms with Gasteiger partial charge in [-0.05, 0) is 30.3 Å². The van der Waals surface area contributed by atoms with Gasteiger partial charge in [-0.2, -0.15) is 0 Å². The first-order valence-corrected chi connectivity index (χ1v) is 10.5. The Hall–Kier alpha value is -4.02. The van der Waals surface area contributed by atoms with E-state index in [-0.39, 0.29) is 17.1 Å². The van der Waals surface area contributed by atoms with E-state index in [1.165, 1.54) is 7.11 Å². The molecule has 0 radical (unpaired) electrons. The fourth-order valence-corrected chi connectivity index (χ4v) is 3.20. The minimum atomic E-state index is -0.505. The zero-order valence-corrected chi connectivity index (χ0v) is 18.7. The molecule has 0 heterocycles. The van der Waals surface area contributed by atoms with Gasteiger partial charge in [-0.1, -0.05) is 90.5 Å². The van der Waals surface area contributed by atoms with Crippen LogP contribution in [0.15, 0.2) is 109 Å². The molecular weight excluding hydrogens is 436 g/mol. The quantitative estimate of drug-likeness (QED) is 0.262. The van der Waals surface area contributed by atoms with Crippen LogP contribution in [-0.4, -0.2) is 24.6 Å². The molecule has 4 aromatic carbocycles. The third-order valence-electron chi connectivity index (χ3n) is 4.76. The summed E-state index contributed by atoms with van der Waals surface area (Å²) >= 11 is 5.75. The third kappa shape index (κ3) is 6.25. The van der Waals surface area contributed by atoms with Gasteiger partial charge < -0.3 is 4.74 Å². The molecule has 4 aromatic rings. The molecule has 0 saturated heterocycles. The maximum Gasteiger partial charge on any atom is 0.338 e. The van der Waals surface area contributed by atoms with Crippen LogP contribution in [0.4, 0.5) is 0 Å². The molecule has 0 unspecified atom stereocenters. The minimum absolute atomic E-state index is 0.0206. The lowest BCUT2D eigenvalue weighted by Crippen LogP contribution is -2.11. The molecule has 0 spiro atoms. The molecule has 4 rings (SSSR count). The molecule has 33 heavy (non-hydrogen) atoms. The van der Waals surface area contributed by atoms with Crippen LogP contribution in [0.2, 0.25) is 5.02 Å². The first-order valence-electron chi connectivity index (χ1n) is 10.1. The monoisotopic (exact) mass is 456 g/mol. The van der Waals surface area contributed by atoms with E-state index in [0.29, 0.717) is 27.3 Å². The number of methoxy groups -OCH3 is 1. The normalized spacial score (nSPS) is 9.88. The molecule has 0 atom stereocenters. The molecule has 5 heteroatoms. The highest BCUT2D eigenvalue weighted by Crippen LogP contribution is 2.16. The Balaban J connectivity index is 0.000000189. The summed E-state index contributed by atoms with van der Waals surface area (Å²) in [4.78, 5) is 35.8. The summed E-state index contributed by atoms with van der Waals surface area (Å²) in [5, 5.41) is 0.639. The average molecular weight is 457 g/mol. The van der Waals surface area contributed by atoms with Crippen LogP contribution in [0.3, 0.4) is 0 Å². The van der Waals surface area contributed by atoms with E-state index in [0.717, 1.165) is 0 Å². The van der Waals surface area contributed by atoms with Gasteiger partial charge in [0.1, 0.15) is 0 Å². The minimum Gasteiger partial charge on any atom is -0.465 e. The van der Waals surface area contributed by atoms with E-state index in [2.05, 4.69) is 4.74 Å². The van der Waals surface area contributed by atoms with Crippen LogP contribution in [0, 0.1) is 0 Å². The Labute approximate surface area is 197 Å². The van der Waals surface area contributed by atoms with E-state index in [4.69, 9.17) is 11.6 Å². The third-order valence-corrected chi connectivity index (χ3v) is 5.01. The van der Waals surface area contributed by atoms with Crippen molar-refractivity contribution in [3.8, 4) is 0 Å². The number of carbonyl (C=O) groups is 3. The average Bonchev–Trinajstić information content (AvgIpc) is 2.89. The summed E-state index contributed by atoms with van der Waals surface area (Å²) in [6.45, 7) is 0. The number of benzene rings is 4. The summed E-state index contributed by atoms with van der Waals surface area (Å²) in [6, 6.07) is 31.6. The van der Waals surface area contributed by atoms with Gasteiger partial charge in [0.25, 0.3) is 0 Å². The van der Waals surface area contributed by atoms with Crippen LogP contribution < -0.4 is 0 Å². The molecule has 0 aromatic heterocycles. The fraction of sp³-hybridized carbons (Fsp3) is 0.0357. The maximum absolute atomic E-state index is 12.3. The summed E-state index contributed by atoms with van der Waals surface area (Å²) in [7, 11) is 1.30. The number of rotatable bonds is 5. The lowest BCUT2D eigenvalue weighted by molar-refractivity contribution is 0.0597. The van der Waals surface area contributed by atoms with Crippen molar-refractivity contribution in [3.63, 3.8) is 0 Å². The fourth-order valence-electron chi connectivity index (χ4n) is 3.07. The van der Waals surface area contributed by atoms with Gasteiger partial charge in [0.15, 0.2) is 11.6 Å². The Morgan fingerprint density at radius 1 is 0.545 bits per heavy atom. The number of hydrogen-bond donors (Lipinski definition) is 0. The van der Waals surface area contributed by atoms with E-state index < -0.39 is 5.97 Å². The molecule has 164 valence electrons. The SMILES string of the molecule is COC(=O)c1ccccc1C(=O)c1ccccc1.O=C(c1ccccc1)c1ccc(Cl)cc1. The first kappa shape index (κ1) is 23.6. The summed E-state index contributed by atoms with van der Waals surface area (Å²) in [5.74, 6) is -0.668. The lowest BCUT2D eigenvalue weighted by atomic mass is 9.98. The van der Waals surface area contributed by atoms with Crippen molar-refractivity contribution in [3.05, 3.63) is 142 Å². The molecule has 0 aliphatic rings. The molecule has 0 aliphatic heterocycles. The van der Waals surface area contributed by atoms with E-state index >= 15 is 0 Å². The van der Waals surface area contributed by atoms with Crippen LogP contribution in [-0.2, 0) is 4.74 Å². The number of ketones is 2. The van der Waals surface area contributed by atoms with Crippen molar-refractivity contribution in [2.24, 2.45) is 0 Å². The van der Waals surface area contributed by atoms with Crippen molar-refractivity contribution in [2.45, 2.75) is 0 Å². The highest BCUT2D eigenvalue weighted by Gasteiger charge is 2.17. The topological polar surface area (TPSA) is 60.4 Å². The van der Waals surface area contributed by atoms with Gasteiger partial charge in [-0.15, -0.1) is 0 Å². The molecule has 0 bridgehead atoms. The van der Waals surface area contributed by atoms with Crippen LogP contribution in [0.1, 0.15) is 42.2 Å². The molecule has 0 fully saturated rings. The highest BCUT2D eigenvalue weighted by atomic mass is 35.5. The number of hydrogen-bond acceptors (Lipinski definition) is 4. The highest BCUT2D eigenvalue weighted by molar-refractivity contribution is 6.30. The van der Waals surface area contributed by atoms with Crippen molar-refractivity contribution in [1.82, 2.24) is 0 Å². The molecule has 0 N–H and O–H groups in total. The maximum atomic E-state index is 12.3. The van der Waals surface area contributed by atoms with Crippen molar-refractivity contribution < 1.29 is 19.1 Å². The summed E-state index contributed by atoms with van der Waals surface area (Å²) in [5.41, 5.74) is 2.55. The van der Waals surface area contributed by atoms with E-state index in [1.807, 2.05) is 24.3 Å². The second kappa shape index (κ2) is 11.6. The zero-order valence-electron chi connectivity index (χ0n) is 17.9. The second-order valence-electron chi connectivity index (χ2n) is 6.93. The molecule has 0 amide bonds. The number of carbonyl (C=O) groups excluding carboxylic acids is 3. The Bertz CT molecular complexity index is 1230. The van der Waals surface area contributed by atoms with Gasteiger partial charge in [-0.3, -0.25) is 9.59 Å². The molecular formula is C28H21ClO4. The second-order valence-corrected chi connectivity index (χ2v) is 7.37. The first-order chi connectivity index (χ1) is 16.0. The van der Waals surface area contributed by atoms with Crippen molar-refractivity contribution in [1.29, 1.82) is 0 Å². The standard InChI is InChI=1S/C15H12O3.C13H9ClO/c1-18-15(17)13-10-6-5-9-12(13)14(16)11-7-3-2-4-8-11;14-12-8-6-11(7-9-12)13(15)10-4-2-1-3-5-10/h2-10H,1H3;1-9H. The molecule has 0 aliphatic carbocycles. The smallest absolute Gasteiger partial charge is 0.338 e. The Morgan fingerprint density at radius 2 is 0.970 bits per heavy atom. The van der Waals surface area contributed by atoms with Crippen molar-refractivity contribution in [2.75, 3.05) is 7.11 Å². The van der Waals surface area contributed by atoms with E-state index in [1.54, 1.807) is 84.9 Å². The molecule has 4 nitrogen and oxygen atoms in total. The zero-order chi connectivity index (χ0) is 23.6. The predicted octanol–water partition coefficient (Wildman–Crippen LogP) is 6.28. The van der Waals surface area contributed by atoms with Crippen LogP contribution in [0.25, 0.3) is 0 Å².